The fraction of sp³-hybridized carbons (Fsp3) is 0.250. The van der Waals surface area contributed by atoms with Gasteiger partial charge < -0.3 is 9.47 Å². The summed E-state index contributed by atoms with van der Waals surface area (Å²) in [7, 11) is 3.20. The summed E-state index contributed by atoms with van der Waals surface area (Å²) in [5, 5.41) is 9.38. The van der Waals surface area contributed by atoms with E-state index in [1.54, 1.807) is 14.2 Å². The van der Waals surface area contributed by atoms with E-state index < -0.39 is 0 Å². The Balaban J connectivity index is 2.76. The number of hydrogen-bond acceptors (Lipinski definition) is 4. The van der Waals surface area contributed by atoms with Crippen LogP contribution < -0.4 is 9.47 Å². The van der Waals surface area contributed by atoms with E-state index in [-0.39, 0.29) is 0 Å². The van der Waals surface area contributed by atoms with Gasteiger partial charge in [0.2, 0.25) is 0 Å². The molecular weight excluding hydrogens is 252 g/mol. The molecule has 4 nitrogen and oxygen atoms in total. The summed E-state index contributed by atoms with van der Waals surface area (Å²) < 4.78 is 10.6. The summed E-state index contributed by atoms with van der Waals surface area (Å²) in [6.45, 7) is 3.81. The lowest BCUT2D eigenvalue weighted by molar-refractivity contribution is 0.404. The molecule has 1 aromatic carbocycles. The highest BCUT2D eigenvalue weighted by atomic mass is 16.5. The fourth-order valence-electron chi connectivity index (χ4n) is 2.17. The number of aryl methyl sites for hydroxylation is 2. The van der Waals surface area contributed by atoms with Crippen molar-refractivity contribution >= 4 is 0 Å². The number of pyridine rings is 1. The third kappa shape index (κ3) is 2.43. The van der Waals surface area contributed by atoms with Crippen molar-refractivity contribution in [3.05, 3.63) is 41.1 Å². The molecule has 2 aromatic rings. The van der Waals surface area contributed by atoms with Gasteiger partial charge in [-0.05, 0) is 43.7 Å². The van der Waals surface area contributed by atoms with Gasteiger partial charge in [-0.25, -0.2) is 0 Å². The van der Waals surface area contributed by atoms with Gasteiger partial charge in [0.05, 0.1) is 25.5 Å². The second kappa shape index (κ2) is 5.62. The molecule has 0 saturated heterocycles. The molecule has 1 aromatic heterocycles. The average Bonchev–Trinajstić information content (AvgIpc) is 2.45. The monoisotopic (exact) mass is 268 g/mol. The second-order valence-corrected chi connectivity index (χ2v) is 4.48. The van der Waals surface area contributed by atoms with Crippen LogP contribution in [-0.4, -0.2) is 19.2 Å². The van der Waals surface area contributed by atoms with Crippen molar-refractivity contribution in [3.8, 4) is 28.8 Å². The smallest absolute Gasteiger partial charge is 0.128 e. The molecule has 0 bridgehead atoms. The Bertz CT molecular complexity index is 688. The highest BCUT2D eigenvalue weighted by molar-refractivity contribution is 5.75. The van der Waals surface area contributed by atoms with Crippen LogP contribution in [0, 0.1) is 25.2 Å². The second-order valence-electron chi connectivity index (χ2n) is 4.48. The molecule has 0 atom stereocenters. The minimum atomic E-state index is 0.558. The topological polar surface area (TPSA) is 55.1 Å². The zero-order chi connectivity index (χ0) is 14.7. The molecule has 0 aliphatic carbocycles. The Hall–Kier alpha value is -2.54. The lowest BCUT2D eigenvalue weighted by atomic mass is 10.0. The molecule has 0 unspecified atom stereocenters. The maximum absolute atomic E-state index is 9.38. The Morgan fingerprint density at radius 3 is 2.45 bits per heavy atom. The van der Waals surface area contributed by atoms with Gasteiger partial charge >= 0.3 is 0 Å². The number of methoxy groups -OCH3 is 2. The van der Waals surface area contributed by atoms with Crippen molar-refractivity contribution in [2.75, 3.05) is 14.2 Å². The normalized spacial score (nSPS) is 9.95. The summed E-state index contributed by atoms with van der Waals surface area (Å²) >= 11 is 0. The minimum absolute atomic E-state index is 0.558. The molecule has 1 heterocycles. The molecule has 0 radical (unpaired) electrons. The number of ether oxygens (including phenoxy) is 2. The first-order chi connectivity index (χ1) is 9.60. The van der Waals surface area contributed by atoms with E-state index in [1.165, 1.54) is 0 Å². The molecule has 0 amide bonds. The maximum atomic E-state index is 9.38. The van der Waals surface area contributed by atoms with Crippen molar-refractivity contribution in [1.82, 2.24) is 4.98 Å². The SMILES string of the molecule is COc1ccc(OC)c(-c2nc(C)cc(C)c2C#N)c1. The van der Waals surface area contributed by atoms with Gasteiger partial charge in [0, 0.05) is 11.3 Å². The van der Waals surface area contributed by atoms with Crippen LogP contribution in [0.1, 0.15) is 16.8 Å². The quantitative estimate of drug-likeness (QED) is 0.857. The highest BCUT2D eigenvalue weighted by Gasteiger charge is 2.15. The van der Waals surface area contributed by atoms with Crippen LogP contribution in [0.5, 0.6) is 11.5 Å². The van der Waals surface area contributed by atoms with E-state index in [9.17, 15) is 5.26 Å². The minimum Gasteiger partial charge on any atom is -0.497 e. The van der Waals surface area contributed by atoms with E-state index in [4.69, 9.17) is 9.47 Å². The van der Waals surface area contributed by atoms with Crippen molar-refractivity contribution in [2.45, 2.75) is 13.8 Å². The Morgan fingerprint density at radius 2 is 1.85 bits per heavy atom. The van der Waals surface area contributed by atoms with Crippen molar-refractivity contribution in [2.24, 2.45) is 0 Å². The van der Waals surface area contributed by atoms with Crippen molar-refractivity contribution in [1.29, 1.82) is 5.26 Å². The van der Waals surface area contributed by atoms with E-state index in [2.05, 4.69) is 11.1 Å². The van der Waals surface area contributed by atoms with Crippen LogP contribution in [0.15, 0.2) is 24.3 Å². The van der Waals surface area contributed by atoms with Crippen LogP contribution in [0.3, 0.4) is 0 Å². The molecule has 4 heteroatoms. The summed E-state index contributed by atoms with van der Waals surface area (Å²) in [6.07, 6.45) is 0. The number of nitriles is 1. The number of rotatable bonds is 3. The van der Waals surface area contributed by atoms with Gasteiger partial charge in [-0.15, -0.1) is 0 Å². The van der Waals surface area contributed by atoms with Gasteiger partial charge in [0.15, 0.2) is 0 Å². The number of hydrogen-bond donors (Lipinski definition) is 0. The molecule has 20 heavy (non-hydrogen) atoms. The zero-order valence-electron chi connectivity index (χ0n) is 12.0. The van der Waals surface area contributed by atoms with Gasteiger partial charge in [0.1, 0.15) is 17.6 Å². The summed E-state index contributed by atoms with van der Waals surface area (Å²) in [5.41, 5.74) is 3.71. The van der Waals surface area contributed by atoms with Crippen LogP contribution in [0.4, 0.5) is 0 Å². The largest absolute Gasteiger partial charge is 0.497 e. The first-order valence-corrected chi connectivity index (χ1v) is 6.21. The van der Waals surface area contributed by atoms with E-state index in [1.807, 2.05) is 38.1 Å². The third-order valence-corrected chi connectivity index (χ3v) is 3.12. The summed E-state index contributed by atoms with van der Waals surface area (Å²) in [4.78, 5) is 4.50. The number of nitrogens with zero attached hydrogens (tertiary/aromatic N) is 2. The van der Waals surface area contributed by atoms with Crippen LogP contribution in [0.25, 0.3) is 11.3 Å². The standard InChI is InChI=1S/C16H16N2O2/c1-10-7-11(2)18-16(14(10)9-17)13-8-12(19-3)5-6-15(13)20-4/h5-8H,1-4H3. The summed E-state index contributed by atoms with van der Waals surface area (Å²) in [5.74, 6) is 1.37. The number of aromatic nitrogens is 1. The first kappa shape index (κ1) is 13.9. The molecule has 0 aliphatic rings. The van der Waals surface area contributed by atoms with Crippen molar-refractivity contribution in [3.63, 3.8) is 0 Å². The predicted molar refractivity (Wildman–Crippen MR) is 77.0 cm³/mol. The lowest BCUT2D eigenvalue weighted by Crippen LogP contribution is -1.98. The predicted octanol–water partition coefficient (Wildman–Crippen LogP) is 3.25. The number of benzene rings is 1. The van der Waals surface area contributed by atoms with Gasteiger partial charge in [-0.3, -0.25) is 4.98 Å². The van der Waals surface area contributed by atoms with Crippen molar-refractivity contribution < 1.29 is 9.47 Å². The Labute approximate surface area is 118 Å². The molecule has 0 fully saturated rings. The molecule has 0 saturated carbocycles. The Morgan fingerprint density at radius 1 is 1.10 bits per heavy atom. The van der Waals surface area contributed by atoms with Gasteiger partial charge in [-0.2, -0.15) is 5.26 Å². The van der Waals surface area contributed by atoms with Gasteiger partial charge in [-0.1, -0.05) is 0 Å². The van der Waals surface area contributed by atoms with E-state index in [0.717, 1.165) is 16.8 Å². The van der Waals surface area contributed by atoms with E-state index in [0.29, 0.717) is 22.8 Å². The lowest BCUT2D eigenvalue weighted by Gasteiger charge is -2.13. The average molecular weight is 268 g/mol. The maximum Gasteiger partial charge on any atom is 0.128 e. The summed E-state index contributed by atoms with van der Waals surface area (Å²) in [6, 6.07) is 9.58. The zero-order valence-corrected chi connectivity index (χ0v) is 12.0. The molecular formula is C16H16N2O2. The van der Waals surface area contributed by atoms with Crippen LogP contribution in [0.2, 0.25) is 0 Å². The van der Waals surface area contributed by atoms with Crippen LogP contribution >= 0.6 is 0 Å². The van der Waals surface area contributed by atoms with Gasteiger partial charge in [0.25, 0.3) is 0 Å². The highest BCUT2D eigenvalue weighted by Crippen LogP contribution is 2.35. The molecule has 0 N–H and O–H groups in total. The fourth-order valence-corrected chi connectivity index (χ4v) is 2.17. The Kier molecular flexibility index (Phi) is 3.90. The third-order valence-electron chi connectivity index (χ3n) is 3.12. The molecule has 0 spiro atoms. The van der Waals surface area contributed by atoms with E-state index >= 15 is 0 Å². The van der Waals surface area contributed by atoms with Crippen LogP contribution in [-0.2, 0) is 0 Å². The molecule has 2 rings (SSSR count). The first-order valence-electron chi connectivity index (χ1n) is 6.21. The molecule has 0 aliphatic heterocycles. The molecule has 102 valence electrons.